The molecular formula is C24H29BrFeN4. The molecule has 0 unspecified atom stereocenters. The van der Waals surface area contributed by atoms with Crippen LogP contribution in [0.25, 0.3) is 0 Å². The molecule has 4 nitrogen and oxygen atoms in total. The molecule has 0 aliphatic rings. The molecule has 30 heavy (non-hydrogen) atoms. The zero-order chi connectivity index (χ0) is 20.5. The van der Waals surface area contributed by atoms with Gasteiger partial charge in [0.25, 0.3) is 0 Å². The van der Waals surface area contributed by atoms with Gasteiger partial charge in [0, 0.05) is 66.6 Å². The minimum absolute atomic E-state index is 0. The van der Waals surface area contributed by atoms with Crippen LogP contribution in [-0.2, 0) is 17.1 Å². The van der Waals surface area contributed by atoms with Gasteiger partial charge in [-0.2, -0.15) is 0 Å². The van der Waals surface area contributed by atoms with Crippen LogP contribution < -0.4 is 0 Å². The molecule has 6 heteroatoms. The van der Waals surface area contributed by atoms with E-state index in [1.807, 2.05) is 76.2 Å². The second-order valence-corrected chi connectivity index (χ2v) is 6.10. The normalized spacial score (nSPS) is 8.13. The average Bonchev–Trinajstić information content (AvgIpc) is 2.72. The van der Waals surface area contributed by atoms with Gasteiger partial charge in [-0.25, -0.2) is 0 Å². The summed E-state index contributed by atoms with van der Waals surface area (Å²) >= 11 is 0. The summed E-state index contributed by atoms with van der Waals surface area (Å²) in [7, 11) is 0. The maximum absolute atomic E-state index is 3.85. The van der Waals surface area contributed by atoms with Gasteiger partial charge in [0.2, 0.25) is 0 Å². The summed E-state index contributed by atoms with van der Waals surface area (Å²) in [6.45, 7) is 8.17. The molecule has 0 spiro atoms. The van der Waals surface area contributed by atoms with Gasteiger partial charge < -0.3 is 0 Å². The van der Waals surface area contributed by atoms with Crippen LogP contribution in [0.5, 0.6) is 0 Å². The molecule has 0 N–H and O–H groups in total. The first-order valence-corrected chi connectivity index (χ1v) is 9.04. The van der Waals surface area contributed by atoms with Crippen molar-refractivity contribution in [3.63, 3.8) is 0 Å². The molecule has 0 aromatic carbocycles. The van der Waals surface area contributed by atoms with E-state index in [0.29, 0.717) is 0 Å². The maximum Gasteiger partial charge on any atom is 0.0270 e. The predicted octanol–water partition coefficient (Wildman–Crippen LogP) is 6.14. The second kappa shape index (κ2) is 19.9. The number of hydrogen-bond donors (Lipinski definition) is 0. The summed E-state index contributed by atoms with van der Waals surface area (Å²) in [4.78, 5) is 15.4. The van der Waals surface area contributed by atoms with Crippen molar-refractivity contribution in [2.45, 2.75) is 27.7 Å². The fraction of sp³-hybridized carbons (Fsp3) is 0.167. The van der Waals surface area contributed by atoms with Crippen molar-refractivity contribution in [2.75, 3.05) is 0 Å². The topological polar surface area (TPSA) is 51.6 Å². The van der Waals surface area contributed by atoms with Crippen molar-refractivity contribution >= 4 is 17.0 Å². The van der Waals surface area contributed by atoms with E-state index >= 15 is 0 Å². The van der Waals surface area contributed by atoms with Gasteiger partial charge in [0.15, 0.2) is 0 Å². The van der Waals surface area contributed by atoms with Crippen LogP contribution in [0.2, 0.25) is 0 Å². The van der Waals surface area contributed by atoms with E-state index in [2.05, 4.69) is 19.9 Å². The van der Waals surface area contributed by atoms with Crippen molar-refractivity contribution in [3.8, 4) is 0 Å². The molecule has 4 aromatic rings. The number of hydrogen-bond acceptors (Lipinski definition) is 4. The summed E-state index contributed by atoms with van der Waals surface area (Å²) < 4.78 is 0. The summed E-state index contributed by atoms with van der Waals surface area (Å²) in [5.41, 5.74) is 5.04. The Morgan fingerprint density at radius 2 is 0.500 bits per heavy atom. The smallest absolute Gasteiger partial charge is 0.0270 e. The molecule has 4 rings (SSSR count). The Kier molecular flexibility index (Phi) is 19.8. The average molecular weight is 509 g/mol. The Morgan fingerprint density at radius 1 is 0.367 bits per heavy atom. The SMILES string of the molecule is Br.Cc1ccncc1.Cc1ccncc1.Cc1ccncc1.Cc1ccncc1.[Fe]. The minimum Gasteiger partial charge on any atom is -0.265 e. The Hall–Kier alpha value is -2.40. The fourth-order valence-corrected chi connectivity index (χ4v) is 1.71. The third-order valence-electron chi connectivity index (χ3n) is 3.39. The molecular weight excluding hydrogens is 480 g/mol. The number of aromatic nitrogens is 4. The predicted molar refractivity (Wildman–Crippen MR) is 126 cm³/mol. The van der Waals surface area contributed by atoms with Crippen LogP contribution in [0.3, 0.4) is 0 Å². The van der Waals surface area contributed by atoms with Crippen molar-refractivity contribution in [2.24, 2.45) is 0 Å². The van der Waals surface area contributed by atoms with E-state index in [1.54, 1.807) is 49.6 Å². The summed E-state index contributed by atoms with van der Waals surface area (Å²) in [5.74, 6) is 0. The Balaban J connectivity index is 0. The van der Waals surface area contributed by atoms with E-state index < -0.39 is 0 Å². The van der Waals surface area contributed by atoms with Gasteiger partial charge in [-0.3, -0.25) is 19.9 Å². The number of rotatable bonds is 0. The molecule has 0 fully saturated rings. The zero-order valence-corrected chi connectivity index (χ0v) is 20.6. The number of nitrogens with zero attached hydrogens (tertiary/aromatic N) is 4. The molecule has 0 aliphatic carbocycles. The Morgan fingerprint density at radius 3 is 0.567 bits per heavy atom. The first kappa shape index (κ1) is 29.8. The van der Waals surface area contributed by atoms with Gasteiger partial charge in [0.1, 0.15) is 0 Å². The van der Waals surface area contributed by atoms with Gasteiger partial charge in [-0.1, -0.05) is 0 Å². The van der Waals surface area contributed by atoms with E-state index in [-0.39, 0.29) is 34.1 Å². The molecule has 0 amide bonds. The third-order valence-corrected chi connectivity index (χ3v) is 3.39. The number of halogens is 1. The Bertz CT molecular complexity index is 699. The molecule has 160 valence electrons. The van der Waals surface area contributed by atoms with Gasteiger partial charge in [-0.15, -0.1) is 17.0 Å². The van der Waals surface area contributed by atoms with E-state index in [4.69, 9.17) is 0 Å². The van der Waals surface area contributed by atoms with Crippen LogP contribution in [-0.4, -0.2) is 19.9 Å². The van der Waals surface area contributed by atoms with E-state index in [1.165, 1.54) is 22.3 Å². The van der Waals surface area contributed by atoms with Crippen LogP contribution in [0.15, 0.2) is 98.1 Å². The summed E-state index contributed by atoms with van der Waals surface area (Å²) in [6.07, 6.45) is 14.3. The largest absolute Gasteiger partial charge is 0.265 e. The third kappa shape index (κ3) is 17.7. The maximum atomic E-state index is 3.85. The molecule has 0 bridgehead atoms. The monoisotopic (exact) mass is 508 g/mol. The molecule has 0 atom stereocenters. The van der Waals surface area contributed by atoms with E-state index in [9.17, 15) is 0 Å². The fourth-order valence-electron chi connectivity index (χ4n) is 1.71. The molecule has 0 radical (unpaired) electrons. The van der Waals surface area contributed by atoms with Crippen LogP contribution in [0.1, 0.15) is 22.3 Å². The van der Waals surface area contributed by atoms with Crippen LogP contribution in [0.4, 0.5) is 0 Å². The quantitative estimate of drug-likeness (QED) is 0.268. The van der Waals surface area contributed by atoms with E-state index in [0.717, 1.165) is 0 Å². The van der Waals surface area contributed by atoms with Crippen molar-refractivity contribution < 1.29 is 17.1 Å². The summed E-state index contributed by atoms with van der Waals surface area (Å²) in [6, 6.07) is 15.8. The van der Waals surface area contributed by atoms with Crippen LogP contribution in [0, 0.1) is 27.7 Å². The van der Waals surface area contributed by atoms with Crippen molar-refractivity contribution in [1.29, 1.82) is 0 Å². The van der Waals surface area contributed by atoms with Crippen LogP contribution >= 0.6 is 17.0 Å². The molecule has 4 aromatic heterocycles. The zero-order valence-electron chi connectivity index (χ0n) is 17.8. The first-order chi connectivity index (χ1) is 13.6. The number of pyridine rings is 4. The van der Waals surface area contributed by atoms with Crippen molar-refractivity contribution in [3.05, 3.63) is 120 Å². The van der Waals surface area contributed by atoms with Gasteiger partial charge in [-0.05, 0) is 98.5 Å². The number of aryl methyl sites for hydroxylation is 4. The molecule has 4 heterocycles. The molecule has 0 aliphatic heterocycles. The molecule has 0 saturated heterocycles. The van der Waals surface area contributed by atoms with Gasteiger partial charge >= 0.3 is 0 Å². The molecule has 0 saturated carbocycles. The Labute approximate surface area is 201 Å². The standard InChI is InChI=1S/4C6H7N.BrH.Fe/c4*1-6-2-4-7-5-3-6;;/h4*2-5H,1H3;1H;. The van der Waals surface area contributed by atoms with Gasteiger partial charge in [0.05, 0.1) is 0 Å². The summed E-state index contributed by atoms with van der Waals surface area (Å²) in [5, 5.41) is 0. The second-order valence-electron chi connectivity index (χ2n) is 6.10. The minimum atomic E-state index is 0. The first-order valence-electron chi connectivity index (χ1n) is 9.04. The van der Waals surface area contributed by atoms with Crippen molar-refractivity contribution in [1.82, 2.24) is 19.9 Å².